The minimum Gasteiger partial charge on any atom is -0.287 e. The van der Waals surface area contributed by atoms with Gasteiger partial charge in [0, 0.05) is 23.2 Å². The molecule has 1 rings (SSSR count). The largest absolute Gasteiger partial charge is 0.287 e. The van der Waals surface area contributed by atoms with Crippen LogP contribution in [0.4, 0.5) is 0 Å². The molecule has 0 bridgehead atoms. The number of carbonyl (C=O) groups is 1. The molecule has 0 spiro atoms. The van der Waals surface area contributed by atoms with Crippen molar-refractivity contribution in [2.75, 3.05) is 11.5 Å². The van der Waals surface area contributed by atoms with Gasteiger partial charge in [0.15, 0.2) is 5.12 Å². The fraction of sp³-hybridized carbons (Fsp3) is 0.833. The van der Waals surface area contributed by atoms with E-state index in [9.17, 15) is 4.79 Å². The van der Waals surface area contributed by atoms with E-state index in [-0.39, 0.29) is 0 Å². The summed E-state index contributed by atoms with van der Waals surface area (Å²) in [6, 6.07) is 0. The van der Waals surface area contributed by atoms with Crippen LogP contribution < -0.4 is 0 Å². The molecular formula is C6H10OS2. The Kier molecular flexibility index (Phi) is 2.92. The van der Waals surface area contributed by atoms with Gasteiger partial charge in [-0.15, -0.1) is 0 Å². The van der Waals surface area contributed by atoms with Gasteiger partial charge in [0.25, 0.3) is 0 Å². The Morgan fingerprint density at radius 3 is 3.00 bits per heavy atom. The lowest BCUT2D eigenvalue weighted by atomic mass is 10.6. The van der Waals surface area contributed by atoms with E-state index in [1.807, 2.05) is 18.7 Å². The number of hydrogen-bond donors (Lipinski definition) is 0. The van der Waals surface area contributed by atoms with Crippen molar-refractivity contribution in [3.8, 4) is 0 Å². The van der Waals surface area contributed by atoms with Crippen LogP contribution in [-0.2, 0) is 4.79 Å². The standard InChI is InChI=1S/C6H10OS2/c1-2-6(7)9-4-5-3-8-5/h5H,2-4H2,1H3. The van der Waals surface area contributed by atoms with Crippen molar-refractivity contribution in [1.29, 1.82) is 0 Å². The van der Waals surface area contributed by atoms with Crippen LogP contribution in [0.2, 0.25) is 0 Å². The minimum absolute atomic E-state index is 0.336. The molecule has 0 aromatic carbocycles. The van der Waals surface area contributed by atoms with Crippen LogP contribution in [0.5, 0.6) is 0 Å². The van der Waals surface area contributed by atoms with Gasteiger partial charge in [-0.1, -0.05) is 18.7 Å². The SMILES string of the molecule is CCC(=O)SCC1CS1. The van der Waals surface area contributed by atoms with E-state index in [0.717, 1.165) is 11.0 Å². The molecule has 1 heterocycles. The summed E-state index contributed by atoms with van der Waals surface area (Å²) in [4.78, 5) is 10.7. The van der Waals surface area contributed by atoms with E-state index in [1.165, 1.54) is 17.5 Å². The highest BCUT2D eigenvalue weighted by molar-refractivity contribution is 8.15. The molecule has 0 aromatic heterocycles. The molecule has 1 unspecified atom stereocenters. The number of rotatable bonds is 3. The fourth-order valence-corrected chi connectivity index (χ4v) is 2.14. The van der Waals surface area contributed by atoms with E-state index >= 15 is 0 Å². The van der Waals surface area contributed by atoms with Crippen LogP contribution in [0.3, 0.4) is 0 Å². The average Bonchev–Trinajstić information content (AvgIpc) is 2.65. The van der Waals surface area contributed by atoms with Gasteiger partial charge in [0.2, 0.25) is 0 Å². The first-order valence-corrected chi connectivity index (χ1v) is 5.13. The lowest BCUT2D eigenvalue weighted by molar-refractivity contribution is -0.110. The second kappa shape index (κ2) is 3.52. The Hall–Kier alpha value is 0.370. The summed E-state index contributed by atoms with van der Waals surface area (Å²) in [6.07, 6.45) is 0.683. The van der Waals surface area contributed by atoms with Gasteiger partial charge in [-0.25, -0.2) is 0 Å². The summed E-state index contributed by atoms with van der Waals surface area (Å²) >= 11 is 3.43. The monoisotopic (exact) mass is 162 g/mol. The van der Waals surface area contributed by atoms with Crippen LogP contribution >= 0.6 is 23.5 Å². The highest BCUT2D eigenvalue weighted by Gasteiger charge is 2.22. The van der Waals surface area contributed by atoms with Crippen LogP contribution in [0.1, 0.15) is 13.3 Å². The zero-order valence-corrected chi connectivity index (χ0v) is 7.06. The van der Waals surface area contributed by atoms with E-state index in [1.54, 1.807) is 0 Å². The van der Waals surface area contributed by atoms with Gasteiger partial charge in [-0.3, -0.25) is 4.79 Å². The summed E-state index contributed by atoms with van der Waals surface area (Å²) in [5.74, 6) is 2.31. The summed E-state index contributed by atoms with van der Waals surface area (Å²) in [5.41, 5.74) is 0. The van der Waals surface area contributed by atoms with E-state index < -0.39 is 0 Å². The Morgan fingerprint density at radius 1 is 1.89 bits per heavy atom. The lowest BCUT2D eigenvalue weighted by Crippen LogP contribution is -1.94. The highest BCUT2D eigenvalue weighted by Crippen LogP contribution is 2.33. The van der Waals surface area contributed by atoms with Crippen LogP contribution in [0.25, 0.3) is 0 Å². The second-order valence-corrected chi connectivity index (χ2v) is 4.40. The summed E-state index contributed by atoms with van der Waals surface area (Å²) in [5, 5.41) is 1.13. The zero-order valence-electron chi connectivity index (χ0n) is 5.42. The summed E-state index contributed by atoms with van der Waals surface area (Å²) < 4.78 is 0. The fourth-order valence-electron chi connectivity index (χ4n) is 0.452. The average molecular weight is 162 g/mol. The van der Waals surface area contributed by atoms with Gasteiger partial charge in [0.05, 0.1) is 0 Å². The van der Waals surface area contributed by atoms with E-state index in [0.29, 0.717) is 11.5 Å². The normalized spacial score (nSPS) is 23.9. The lowest BCUT2D eigenvalue weighted by Gasteiger charge is -1.91. The van der Waals surface area contributed by atoms with Crippen molar-refractivity contribution in [2.24, 2.45) is 0 Å². The van der Waals surface area contributed by atoms with Gasteiger partial charge in [-0.05, 0) is 0 Å². The quantitative estimate of drug-likeness (QED) is 0.589. The Bertz CT molecular complexity index is 110. The highest BCUT2D eigenvalue weighted by atomic mass is 32.2. The molecule has 1 saturated heterocycles. The van der Waals surface area contributed by atoms with Crippen LogP contribution in [-0.4, -0.2) is 21.9 Å². The first kappa shape index (κ1) is 7.48. The Labute approximate surface area is 64.0 Å². The van der Waals surface area contributed by atoms with Crippen molar-refractivity contribution >= 4 is 28.6 Å². The van der Waals surface area contributed by atoms with Crippen molar-refractivity contribution in [1.82, 2.24) is 0 Å². The second-order valence-electron chi connectivity index (χ2n) is 1.99. The molecule has 0 amide bonds. The molecule has 0 aliphatic carbocycles. The van der Waals surface area contributed by atoms with Crippen molar-refractivity contribution < 1.29 is 4.79 Å². The van der Waals surface area contributed by atoms with Crippen molar-refractivity contribution in [3.63, 3.8) is 0 Å². The molecule has 0 N–H and O–H groups in total. The van der Waals surface area contributed by atoms with Gasteiger partial charge in [0.1, 0.15) is 0 Å². The molecule has 1 aliphatic rings. The summed E-state index contributed by atoms with van der Waals surface area (Å²) in [7, 11) is 0. The maximum absolute atomic E-state index is 10.7. The molecular weight excluding hydrogens is 152 g/mol. The molecule has 52 valence electrons. The molecule has 9 heavy (non-hydrogen) atoms. The molecule has 1 aliphatic heterocycles. The predicted molar refractivity (Wildman–Crippen MR) is 44.0 cm³/mol. The molecule has 1 atom stereocenters. The number of hydrogen-bond acceptors (Lipinski definition) is 3. The van der Waals surface area contributed by atoms with Crippen molar-refractivity contribution in [2.45, 2.75) is 18.6 Å². The van der Waals surface area contributed by atoms with Crippen LogP contribution in [0.15, 0.2) is 0 Å². The zero-order chi connectivity index (χ0) is 6.69. The predicted octanol–water partition coefficient (Wildman–Crippen LogP) is 1.77. The maximum Gasteiger partial charge on any atom is 0.188 e. The molecule has 0 aromatic rings. The first-order valence-electron chi connectivity index (χ1n) is 3.10. The van der Waals surface area contributed by atoms with E-state index in [4.69, 9.17) is 0 Å². The Morgan fingerprint density at radius 2 is 2.56 bits per heavy atom. The van der Waals surface area contributed by atoms with E-state index in [2.05, 4.69) is 0 Å². The number of carbonyl (C=O) groups excluding carboxylic acids is 1. The topological polar surface area (TPSA) is 17.1 Å². The molecule has 0 saturated carbocycles. The third kappa shape index (κ3) is 3.16. The maximum atomic E-state index is 10.7. The molecule has 0 radical (unpaired) electrons. The van der Waals surface area contributed by atoms with Crippen LogP contribution in [0, 0.1) is 0 Å². The van der Waals surface area contributed by atoms with Gasteiger partial charge < -0.3 is 0 Å². The first-order chi connectivity index (χ1) is 4.33. The third-order valence-electron chi connectivity index (χ3n) is 1.12. The Balaban J connectivity index is 1.96. The summed E-state index contributed by atoms with van der Waals surface area (Å²) in [6.45, 7) is 1.91. The third-order valence-corrected chi connectivity index (χ3v) is 3.48. The molecule has 1 fully saturated rings. The van der Waals surface area contributed by atoms with Gasteiger partial charge in [-0.2, -0.15) is 11.8 Å². The van der Waals surface area contributed by atoms with Gasteiger partial charge >= 0.3 is 0 Å². The number of thioether (sulfide) groups is 2. The van der Waals surface area contributed by atoms with Crippen molar-refractivity contribution in [3.05, 3.63) is 0 Å². The molecule has 3 heteroatoms. The minimum atomic E-state index is 0.336. The molecule has 1 nitrogen and oxygen atoms in total. The smallest absolute Gasteiger partial charge is 0.188 e.